The lowest BCUT2D eigenvalue weighted by Gasteiger charge is -2.11. The fraction of sp³-hybridized carbons (Fsp3) is 0.833. The molecule has 4 heteroatoms. The van der Waals surface area contributed by atoms with Gasteiger partial charge < -0.3 is 9.84 Å². The molecule has 0 heterocycles. The molecule has 0 rings (SSSR count). The summed E-state index contributed by atoms with van der Waals surface area (Å²) in [5, 5.41) is 9.31. The molecule has 234 valence electrons. The van der Waals surface area contributed by atoms with E-state index in [4.69, 9.17) is 4.74 Å². The summed E-state index contributed by atoms with van der Waals surface area (Å²) in [6, 6.07) is 0. The van der Waals surface area contributed by atoms with Crippen LogP contribution in [-0.2, 0) is 14.3 Å². The number of allylic oxidation sites excluding steroid dienone is 2. The van der Waals surface area contributed by atoms with Gasteiger partial charge in [0.05, 0.1) is 12.3 Å². The standard InChI is InChI=1S/C36H66O4/c1-3-5-6-7-8-9-10-11-12-13-14-15-16-17-18-19-20-21-22-23-24-25-26-27-28-29-30-31-34(36(38)39)33-35(37)40-32-4-2/h4,14-15,34H,2-3,5-13,16-33H2,1H3,(H,38,39)/b15-14+. The molecule has 0 aliphatic heterocycles. The minimum atomic E-state index is -0.900. The van der Waals surface area contributed by atoms with E-state index < -0.39 is 17.9 Å². The molecule has 0 aromatic rings. The van der Waals surface area contributed by atoms with Crippen molar-refractivity contribution in [1.29, 1.82) is 0 Å². The molecule has 1 N–H and O–H groups in total. The summed E-state index contributed by atoms with van der Waals surface area (Å²) in [5.41, 5.74) is 0. The summed E-state index contributed by atoms with van der Waals surface area (Å²) in [6.45, 7) is 5.92. The molecule has 0 fully saturated rings. The van der Waals surface area contributed by atoms with Gasteiger partial charge in [-0.15, -0.1) is 0 Å². The fourth-order valence-corrected chi connectivity index (χ4v) is 5.31. The maximum Gasteiger partial charge on any atom is 0.307 e. The van der Waals surface area contributed by atoms with Gasteiger partial charge in [-0.1, -0.05) is 167 Å². The van der Waals surface area contributed by atoms with Crippen molar-refractivity contribution in [2.45, 2.75) is 180 Å². The topological polar surface area (TPSA) is 63.6 Å². The molecule has 4 nitrogen and oxygen atoms in total. The predicted molar refractivity (Wildman–Crippen MR) is 172 cm³/mol. The van der Waals surface area contributed by atoms with Crippen LogP contribution in [0.15, 0.2) is 24.8 Å². The number of unbranched alkanes of at least 4 members (excludes halogenated alkanes) is 23. The van der Waals surface area contributed by atoms with Crippen LogP contribution in [0.1, 0.15) is 180 Å². The Morgan fingerprint density at radius 3 is 1.38 bits per heavy atom. The zero-order valence-corrected chi connectivity index (χ0v) is 26.5. The lowest BCUT2D eigenvalue weighted by atomic mass is 9.97. The summed E-state index contributed by atoms with van der Waals surface area (Å²) in [7, 11) is 0. The van der Waals surface area contributed by atoms with E-state index in [-0.39, 0.29) is 13.0 Å². The van der Waals surface area contributed by atoms with Gasteiger partial charge in [0.15, 0.2) is 0 Å². The van der Waals surface area contributed by atoms with Crippen LogP contribution in [0.3, 0.4) is 0 Å². The number of ether oxygens (including phenoxy) is 1. The molecule has 0 aromatic heterocycles. The van der Waals surface area contributed by atoms with Crippen LogP contribution in [0, 0.1) is 5.92 Å². The zero-order chi connectivity index (χ0) is 29.4. The van der Waals surface area contributed by atoms with Crippen LogP contribution in [0.4, 0.5) is 0 Å². The molecule has 0 saturated heterocycles. The van der Waals surface area contributed by atoms with E-state index in [1.54, 1.807) is 0 Å². The second-order valence-corrected chi connectivity index (χ2v) is 11.8. The minimum absolute atomic E-state index is 0.0417. The predicted octanol–water partition coefficient (Wildman–Crippen LogP) is 11.5. The number of aliphatic carboxylic acids is 1. The Labute approximate surface area is 248 Å². The molecule has 1 atom stereocenters. The van der Waals surface area contributed by atoms with Gasteiger partial charge >= 0.3 is 11.9 Å². The van der Waals surface area contributed by atoms with Crippen molar-refractivity contribution in [2.75, 3.05) is 6.61 Å². The van der Waals surface area contributed by atoms with Gasteiger partial charge in [-0.2, -0.15) is 0 Å². The molecule has 0 radical (unpaired) electrons. The smallest absolute Gasteiger partial charge is 0.307 e. The van der Waals surface area contributed by atoms with Crippen LogP contribution in [0.2, 0.25) is 0 Å². The average Bonchev–Trinajstić information content (AvgIpc) is 2.94. The number of carbonyl (C=O) groups excluding carboxylic acids is 1. The Bertz CT molecular complexity index is 598. The van der Waals surface area contributed by atoms with Crippen LogP contribution < -0.4 is 0 Å². The van der Waals surface area contributed by atoms with Crippen molar-refractivity contribution in [1.82, 2.24) is 0 Å². The van der Waals surface area contributed by atoms with E-state index in [2.05, 4.69) is 25.7 Å². The van der Waals surface area contributed by atoms with E-state index in [1.807, 2.05) is 0 Å². The number of hydrogen-bond donors (Lipinski definition) is 1. The van der Waals surface area contributed by atoms with E-state index in [9.17, 15) is 14.7 Å². The minimum Gasteiger partial charge on any atom is -0.481 e. The SMILES string of the molecule is C=CCOC(=O)CC(CCCCCCCCCCCCCCCC/C=C/CCCCCCCCCCC)C(=O)O. The Balaban J connectivity index is 3.32. The maximum atomic E-state index is 11.6. The van der Waals surface area contributed by atoms with Crippen LogP contribution in [0.5, 0.6) is 0 Å². The summed E-state index contributed by atoms with van der Waals surface area (Å²) in [4.78, 5) is 23.0. The molecule has 0 saturated carbocycles. The Morgan fingerprint density at radius 1 is 0.625 bits per heavy atom. The first-order chi connectivity index (χ1) is 19.6. The lowest BCUT2D eigenvalue weighted by Crippen LogP contribution is -2.19. The Kier molecular flexibility index (Phi) is 30.7. The molecular weight excluding hydrogens is 496 g/mol. The molecule has 0 amide bonds. The summed E-state index contributed by atoms with van der Waals surface area (Å²) in [6.07, 6.45) is 40.0. The third-order valence-corrected chi connectivity index (χ3v) is 7.94. The van der Waals surface area contributed by atoms with Gasteiger partial charge in [-0.3, -0.25) is 9.59 Å². The first-order valence-electron chi connectivity index (χ1n) is 17.3. The second-order valence-electron chi connectivity index (χ2n) is 11.8. The molecule has 0 bridgehead atoms. The highest BCUT2D eigenvalue weighted by Crippen LogP contribution is 2.18. The molecule has 40 heavy (non-hydrogen) atoms. The Hall–Kier alpha value is -1.58. The highest BCUT2D eigenvalue weighted by molar-refractivity contribution is 5.78. The highest BCUT2D eigenvalue weighted by atomic mass is 16.5. The second kappa shape index (κ2) is 31.9. The average molecular weight is 563 g/mol. The van der Waals surface area contributed by atoms with E-state index in [0.717, 1.165) is 19.3 Å². The largest absolute Gasteiger partial charge is 0.481 e. The van der Waals surface area contributed by atoms with Gasteiger partial charge in [-0.05, 0) is 32.1 Å². The molecule has 0 aromatic carbocycles. The number of carbonyl (C=O) groups is 2. The number of hydrogen-bond acceptors (Lipinski definition) is 3. The molecule has 1 unspecified atom stereocenters. The van der Waals surface area contributed by atoms with Crippen molar-refractivity contribution >= 4 is 11.9 Å². The summed E-state index contributed by atoms with van der Waals surface area (Å²) < 4.78 is 4.91. The fourth-order valence-electron chi connectivity index (χ4n) is 5.31. The number of esters is 1. The quantitative estimate of drug-likeness (QED) is 0.0503. The van der Waals surface area contributed by atoms with Crippen molar-refractivity contribution in [3.05, 3.63) is 24.8 Å². The summed E-state index contributed by atoms with van der Waals surface area (Å²) >= 11 is 0. The number of rotatable bonds is 32. The first-order valence-corrected chi connectivity index (χ1v) is 17.3. The normalized spacial score (nSPS) is 12.1. The third kappa shape index (κ3) is 29.4. The monoisotopic (exact) mass is 562 g/mol. The molecule has 0 spiro atoms. The molecule has 0 aliphatic rings. The van der Waals surface area contributed by atoms with Crippen LogP contribution >= 0.6 is 0 Å². The van der Waals surface area contributed by atoms with Gasteiger partial charge in [0, 0.05) is 0 Å². The van der Waals surface area contributed by atoms with Crippen LogP contribution in [0.25, 0.3) is 0 Å². The molecule has 0 aliphatic carbocycles. The van der Waals surface area contributed by atoms with E-state index >= 15 is 0 Å². The van der Waals surface area contributed by atoms with Crippen molar-refractivity contribution in [3.8, 4) is 0 Å². The highest BCUT2D eigenvalue weighted by Gasteiger charge is 2.21. The van der Waals surface area contributed by atoms with E-state index in [0.29, 0.717) is 6.42 Å². The zero-order valence-electron chi connectivity index (χ0n) is 26.5. The van der Waals surface area contributed by atoms with Gasteiger partial charge in [0.25, 0.3) is 0 Å². The molecular formula is C36H66O4. The first kappa shape index (κ1) is 38.4. The van der Waals surface area contributed by atoms with Crippen molar-refractivity contribution in [2.24, 2.45) is 5.92 Å². The van der Waals surface area contributed by atoms with Gasteiger partial charge in [0.1, 0.15) is 6.61 Å². The number of carboxylic acids is 1. The maximum absolute atomic E-state index is 11.6. The number of carboxylic acid groups (broad SMARTS) is 1. The van der Waals surface area contributed by atoms with Crippen molar-refractivity contribution < 1.29 is 19.4 Å². The third-order valence-electron chi connectivity index (χ3n) is 7.94. The van der Waals surface area contributed by atoms with Gasteiger partial charge in [-0.25, -0.2) is 0 Å². The van der Waals surface area contributed by atoms with E-state index in [1.165, 1.54) is 147 Å². The van der Waals surface area contributed by atoms with Crippen molar-refractivity contribution in [3.63, 3.8) is 0 Å². The lowest BCUT2D eigenvalue weighted by molar-refractivity contribution is -0.151. The van der Waals surface area contributed by atoms with Crippen LogP contribution in [-0.4, -0.2) is 23.7 Å². The van der Waals surface area contributed by atoms with Gasteiger partial charge in [0.2, 0.25) is 0 Å². The Morgan fingerprint density at radius 2 is 1.00 bits per heavy atom. The summed E-state index contributed by atoms with van der Waals surface area (Å²) in [5.74, 6) is -1.98.